The number of nitrogens with two attached hydrogens (primary N) is 1. The van der Waals surface area contributed by atoms with E-state index in [-0.39, 0.29) is 0 Å². The second-order valence-corrected chi connectivity index (χ2v) is 7.41. The van der Waals surface area contributed by atoms with Gasteiger partial charge in [-0.15, -0.1) is 0 Å². The van der Waals surface area contributed by atoms with Gasteiger partial charge in [0.2, 0.25) is 17.7 Å². The number of nitrogens with zero attached hydrogens (tertiary/aromatic N) is 1. The number of carbonyl (C=O) groups is 3. The largest absolute Gasteiger partial charge is 0.789 e. The minimum atomic E-state index is -3.98. The van der Waals surface area contributed by atoms with Gasteiger partial charge in [0, 0.05) is 7.05 Å². The molecule has 0 bridgehead atoms. The van der Waals surface area contributed by atoms with E-state index in [2.05, 4.69) is 22.2 Å². The first-order valence-electron chi connectivity index (χ1n) is 6.04. The topological polar surface area (TPSA) is 148 Å². The third-order valence-corrected chi connectivity index (χ3v) is 3.85. The molecule has 0 aliphatic rings. The van der Waals surface area contributed by atoms with Crippen LogP contribution in [0.2, 0.25) is 0 Å². The molecule has 0 aromatic rings. The lowest BCUT2D eigenvalue weighted by Crippen LogP contribution is -2.54. The molecule has 0 aromatic heterocycles. The number of rotatable bonds is 7. The van der Waals surface area contributed by atoms with Gasteiger partial charge in [-0.3, -0.25) is 19.5 Å². The van der Waals surface area contributed by atoms with Crippen LogP contribution in [0.3, 0.4) is 0 Å². The summed E-state index contributed by atoms with van der Waals surface area (Å²) >= 11 is 4.27. The number of hydrogen-bond donors (Lipinski definition) is 4. The Morgan fingerprint density at radius 1 is 1.29 bits per heavy atom. The Hall–Kier alpha value is -1.06. The molecule has 0 radical (unpaired) electrons. The van der Waals surface area contributed by atoms with E-state index in [1.807, 2.05) is 0 Å². The zero-order chi connectivity index (χ0) is 17.0. The second kappa shape index (κ2) is 7.81. The van der Waals surface area contributed by atoms with Crippen LogP contribution in [0.4, 0.5) is 0 Å². The maximum atomic E-state index is 12.0. The van der Waals surface area contributed by atoms with Crippen LogP contribution >= 0.6 is 6.64 Å². The molecule has 0 aliphatic carbocycles. The van der Waals surface area contributed by atoms with Gasteiger partial charge in [0.1, 0.15) is 12.1 Å². The van der Waals surface area contributed by atoms with Crippen molar-refractivity contribution in [3.8, 4) is 0 Å². The van der Waals surface area contributed by atoms with Gasteiger partial charge in [0.15, 0.2) is 0 Å². The quantitative estimate of drug-likeness (QED) is 0.371. The third-order valence-electron chi connectivity index (χ3n) is 2.82. The van der Waals surface area contributed by atoms with E-state index < -0.39 is 42.5 Å². The fourth-order valence-electron chi connectivity index (χ4n) is 1.38. The summed E-state index contributed by atoms with van der Waals surface area (Å²) in [6.07, 6.45) is 0. The first kappa shape index (κ1) is 19.9. The van der Waals surface area contributed by atoms with Crippen molar-refractivity contribution in [2.24, 2.45) is 5.73 Å². The Balaban J connectivity index is 4.72. The van der Waals surface area contributed by atoms with Crippen LogP contribution in [0.5, 0.6) is 0 Å². The first-order valence-corrected chi connectivity index (χ1v) is 8.72. The van der Waals surface area contributed by atoms with Crippen LogP contribution in [0, 0.1) is 0 Å². The average Bonchev–Trinajstić information content (AvgIpc) is 2.33. The molecule has 0 saturated carbocycles. The van der Waals surface area contributed by atoms with Gasteiger partial charge >= 0.3 is 0 Å². The van der Waals surface area contributed by atoms with E-state index in [0.29, 0.717) is 0 Å². The molecule has 0 aromatic carbocycles. The van der Waals surface area contributed by atoms with E-state index >= 15 is 0 Å². The summed E-state index contributed by atoms with van der Waals surface area (Å²) in [6, 6.07) is -2.80. The predicted molar refractivity (Wildman–Crippen MR) is 78.1 cm³/mol. The zero-order valence-corrected chi connectivity index (χ0v) is 13.9. The summed E-state index contributed by atoms with van der Waals surface area (Å²) < 4.78 is 0. The van der Waals surface area contributed by atoms with Gasteiger partial charge < -0.3 is 25.7 Å². The second-order valence-electron chi connectivity index (χ2n) is 4.63. The van der Waals surface area contributed by atoms with Gasteiger partial charge in [-0.2, -0.15) is 0 Å². The van der Waals surface area contributed by atoms with Crippen molar-refractivity contribution in [3.63, 3.8) is 0 Å². The van der Waals surface area contributed by atoms with E-state index in [1.165, 1.54) is 27.8 Å². The van der Waals surface area contributed by atoms with Gasteiger partial charge in [-0.05, 0) is 20.8 Å². The van der Waals surface area contributed by atoms with Crippen molar-refractivity contribution < 1.29 is 24.2 Å². The lowest BCUT2D eigenvalue weighted by atomic mass is 10.2. The highest BCUT2D eigenvalue weighted by Gasteiger charge is 2.27. The molecule has 0 rings (SSSR count). The van der Waals surface area contributed by atoms with Crippen molar-refractivity contribution in [2.45, 2.75) is 38.9 Å². The fraction of sp³-hybridized carbons (Fsp3) is 0.700. The summed E-state index contributed by atoms with van der Waals surface area (Å²) in [4.78, 5) is 55.8. The lowest BCUT2D eigenvalue weighted by Gasteiger charge is -2.31. The molecule has 3 amide bonds. The molecular formula is C10H20N4O5PS-. The molecule has 0 saturated heterocycles. The predicted octanol–water partition coefficient (Wildman–Crippen LogP) is -2.62. The van der Waals surface area contributed by atoms with E-state index in [4.69, 9.17) is 10.6 Å². The van der Waals surface area contributed by atoms with Crippen LogP contribution < -0.4 is 21.0 Å². The maximum absolute atomic E-state index is 12.0. The molecule has 5 N–H and O–H groups in total. The summed E-state index contributed by atoms with van der Waals surface area (Å²) in [7, 11) is 1.35. The van der Waals surface area contributed by atoms with E-state index in [9.17, 15) is 19.3 Å². The molecule has 0 fully saturated rings. The normalized spacial score (nSPS) is 18.0. The number of likely N-dealkylation sites (N-methyl/N-ethyl adjacent to an activating group) is 1. The fourth-order valence-corrected chi connectivity index (χ4v) is 2.45. The molecule has 122 valence electrons. The maximum Gasteiger partial charge on any atom is 0.243 e. The minimum absolute atomic E-state index is 0.574. The summed E-state index contributed by atoms with van der Waals surface area (Å²) in [6.45, 7) is 0.230. The molecular weight excluding hydrogens is 319 g/mol. The van der Waals surface area contributed by atoms with Crippen LogP contribution in [0.25, 0.3) is 0 Å². The van der Waals surface area contributed by atoms with Crippen molar-refractivity contribution in [1.29, 1.82) is 0 Å². The van der Waals surface area contributed by atoms with Gasteiger partial charge in [-0.1, -0.05) is 11.8 Å². The highest BCUT2D eigenvalue weighted by Crippen LogP contribution is 2.24. The summed E-state index contributed by atoms with van der Waals surface area (Å²) in [5.41, 5.74) is 5.02. The number of primary amides is 1. The average molecular weight is 339 g/mol. The van der Waals surface area contributed by atoms with Crippen molar-refractivity contribution >= 4 is 36.2 Å². The molecule has 4 atom stereocenters. The lowest BCUT2D eigenvalue weighted by molar-refractivity contribution is -0.182. The number of nitrogens with one attached hydrogen (secondary N) is 2. The Morgan fingerprint density at radius 3 is 2.14 bits per heavy atom. The van der Waals surface area contributed by atoms with Crippen molar-refractivity contribution in [1.82, 2.24) is 15.3 Å². The minimum Gasteiger partial charge on any atom is -0.789 e. The van der Waals surface area contributed by atoms with Crippen molar-refractivity contribution in [3.05, 3.63) is 0 Å². The Morgan fingerprint density at radius 2 is 1.76 bits per heavy atom. The third kappa shape index (κ3) is 6.96. The molecule has 11 heteroatoms. The summed E-state index contributed by atoms with van der Waals surface area (Å²) in [5, 5.41) is 4.43. The zero-order valence-electron chi connectivity index (χ0n) is 12.2. The highest BCUT2D eigenvalue weighted by atomic mass is 32.5. The van der Waals surface area contributed by atoms with E-state index in [0.717, 1.165) is 4.90 Å². The Kier molecular flexibility index (Phi) is 7.41. The van der Waals surface area contributed by atoms with Crippen LogP contribution in [0.15, 0.2) is 0 Å². The number of carbonyl (C=O) groups excluding carboxylic acids is 3. The first-order chi connectivity index (χ1) is 9.36. The summed E-state index contributed by atoms with van der Waals surface area (Å²) in [5.74, 6) is -1.87. The van der Waals surface area contributed by atoms with Crippen molar-refractivity contribution in [2.75, 3.05) is 7.05 Å². The van der Waals surface area contributed by atoms with Crippen LogP contribution in [-0.2, 0) is 26.2 Å². The molecule has 0 aliphatic heterocycles. The molecule has 0 heterocycles. The van der Waals surface area contributed by atoms with Crippen LogP contribution in [-0.4, -0.2) is 52.7 Å². The number of hydrogen-bond acceptors (Lipinski definition) is 5. The number of amides is 3. The van der Waals surface area contributed by atoms with Crippen LogP contribution in [0.1, 0.15) is 20.8 Å². The molecule has 0 spiro atoms. The highest BCUT2D eigenvalue weighted by molar-refractivity contribution is 8.07. The smallest absolute Gasteiger partial charge is 0.243 e. The molecule has 9 nitrogen and oxygen atoms in total. The molecule has 21 heavy (non-hydrogen) atoms. The van der Waals surface area contributed by atoms with E-state index in [1.54, 1.807) is 0 Å². The van der Waals surface area contributed by atoms with Gasteiger partial charge in [-0.25, -0.2) is 0 Å². The SMILES string of the molecule is CC(NC(=O)C(C)N(C)C(=O)C(C)NP([O-])(O)=S)C(N)=O. The Labute approximate surface area is 128 Å². The monoisotopic (exact) mass is 339 g/mol. The van der Waals surface area contributed by atoms with Gasteiger partial charge in [0.25, 0.3) is 0 Å². The molecule has 4 unspecified atom stereocenters. The van der Waals surface area contributed by atoms with Gasteiger partial charge in [0.05, 0.1) is 12.7 Å². The standard InChI is InChI=1S/C10H21N4O5PS/c1-5(8(11)15)12-9(16)7(3)14(4)10(17)6(2)13-20(18,19)21/h5-7H,1-4H3,(H2,11,15)(H,12,16)(H3,13,18,19,21)/p-1. The Bertz CT molecular complexity index is 468.